The van der Waals surface area contributed by atoms with Crippen LogP contribution in [0.3, 0.4) is 0 Å². The number of anilines is 1. The number of benzene rings is 1. The first-order valence-electron chi connectivity index (χ1n) is 5.51. The van der Waals surface area contributed by atoms with Gasteiger partial charge in [0.2, 0.25) is 0 Å². The Morgan fingerprint density at radius 3 is 3.00 bits per heavy atom. The molecule has 3 heteroatoms. The molecule has 0 amide bonds. The summed E-state index contributed by atoms with van der Waals surface area (Å²) in [7, 11) is 0. The third-order valence-corrected chi connectivity index (χ3v) is 3.02. The van der Waals surface area contributed by atoms with Gasteiger partial charge in [0.15, 0.2) is 0 Å². The van der Waals surface area contributed by atoms with Gasteiger partial charge in [0.1, 0.15) is 5.82 Å². The van der Waals surface area contributed by atoms with Gasteiger partial charge in [0.25, 0.3) is 0 Å². The molecule has 0 unspecified atom stereocenters. The second-order valence-electron chi connectivity index (χ2n) is 4.07. The summed E-state index contributed by atoms with van der Waals surface area (Å²) in [6, 6.07) is 4.87. The standard InChI is InChI=1S/C13H13FN2/c14-10-4-5-12-11(8-10)13(9-15-12)16-6-2-1-3-7-16/h1-2,4-5,8-9,15H,3,6-7H2. The molecule has 2 aromatic rings. The molecule has 1 aliphatic rings. The highest BCUT2D eigenvalue weighted by molar-refractivity contribution is 5.93. The molecule has 3 rings (SSSR count). The Balaban J connectivity index is 2.09. The molecule has 0 atom stereocenters. The Labute approximate surface area is 93.4 Å². The topological polar surface area (TPSA) is 19.0 Å². The van der Waals surface area contributed by atoms with Crippen LogP contribution in [0.5, 0.6) is 0 Å². The van der Waals surface area contributed by atoms with E-state index >= 15 is 0 Å². The fourth-order valence-electron chi connectivity index (χ4n) is 2.20. The molecule has 2 nitrogen and oxygen atoms in total. The third kappa shape index (κ3) is 1.48. The van der Waals surface area contributed by atoms with Crippen LogP contribution in [0.25, 0.3) is 10.9 Å². The van der Waals surface area contributed by atoms with Crippen molar-refractivity contribution in [2.24, 2.45) is 0 Å². The normalized spacial score (nSPS) is 15.9. The molecule has 0 radical (unpaired) electrons. The summed E-state index contributed by atoms with van der Waals surface area (Å²) in [5.74, 6) is -0.180. The minimum Gasteiger partial charge on any atom is -0.366 e. The van der Waals surface area contributed by atoms with Crippen LogP contribution in [0, 0.1) is 5.82 Å². The van der Waals surface area contributed by atoms with Gasteiger partial charge in [-0.25, -0.2) is 4.39 Å². The zero-order chi connectivity index (χ0) is 11.0. The Morgan fingerprint density at radius 1 is 1.25 bits per heavy atom. The molecule has 82 valence electrons. The van der Waals surface area contributed by atoms with Gasteiger partial charge in [-0.1, -0.05) is 12.2 Å². The van der Waals surface area contributed by atoms with Crippen LogP contribution in [0.2, 0.25) is 0 Å². The molecule has 0 spiro atoms. The monoisotopic (exact) mass is 216 g/mol. The van der Waals surface area contributed by atoms with Crippen molar-refractivity contribution in [1.82, 2.24) is 4.98 Å². The first-order valence-corrected chi connectivity index (χ1v) is 5.51. The van der Waals surface area contributed by atoms with Gasteiger partial charge in [-0.3, -0.25) is 0 Å². The second kappa shape index (κ2) is 3.67. The minimum atomic E-state index is -0.180. The summed E-state index contributed by atoms with van der Waals surface area (Å²) < 4.78 is 13.2. The van der Waals surface area contributed by atoms with Crippen molar-refractivity contribution >= 4 is 16.6 Å². The maximum Gasteiger partial charge on any atom is 0.124 e. The largest absolute Gasteiger partial charge is 0.366 e. The van der Waals surface area contributed by atoms with Crippen molar-refractivity contribution < 1.29 is 4.39 Å². The first-order chi connectivity index (χ1) is 7.84. The predicted octanol–water partition coefficient (Wildman–Crippen LogP) is 3.07. The Morgan fingerprint density at radius 2 is 2.19 bits per heavy atom. The van der Waals surface area contributed by atoms with E-state index in [-0.39, 0.29) is 5.82 Å². The number of nitrogens with zero attached hydrogens (tertiary/aromatic N) is 1. The fourth-order valence-corrected chi connectivity index (χ4v) is 2.20. The number of nitrogens with one attached hydrogen (secondary N) is 1. The van der Waals surface area contributed by atoms with Crippen LogP contribution in [0.4, 0.5) is 10.1 Å². The van der Waals surface area contributed by atoms with Gasteiger partial charge in [-0.05, 0) is 24.6 Å². The molecule has 0 saturated heterocycles. The fraction of sp³-hybridized carbons (Fsp3) is 0.231. The number of halogens is 1. The van der Waals surface area contributed by atoms with Gasteiger partial charge in [-0.2, -0.15) is 0 Å². The quantitative estimate of drug-likeness (QED) is 0.726. The molecule has 0 saturated carbocycles. The van der Waals surface area contributed by atoms with Gasteiger partial charge in [-0.15, -0.1) is 0 Å². The van der Waals surface area contributed by atoms with E-state index in [0.717, 1.165) is 36.1 Å². The number of H-pyrrole nitrogens is 1. The van der Waals surface area contributed by atoms with Crippen molar-refractivity contribution in [3.05, 3.63) is 42.4 Å². The Hall–Kier alpha value is -1.77. The van der Waals surface area contributed by atoms with Crippen molar-refractivity contribution in [2.75, 3.05) is 18.0 Å². The molecule has 1 aliphatic heterocycles. The van der Waals surface area contributed by atoms with E-state index in [9.17, 15) is 4.39 Å². The van der Waals surface area contributed by atoms with E-state index < -0.39 is 0 Å². The Kier molecular flexibility index (Phi) is 2.17. The lowest BCUT2D eigenvalue weighted by molar-refractivity contribution is 0.629. The van der Waals surface area contributed by atoms with Crippen molar-refractivity contribution in [3.63, 3.8) is 0 Å². The zero-order valence-corrected chi connectivity index (χ0v) is 8.91. The zero-order valence-electron chi connectivity index (χ0n) is 8.91. The van der Waals surface area contributed by atoms with Crippen LogP contribution in [-0.4, -0.2) is 18.1 Å². The molecular formula is C13H13FN2. The predicted molar refractivity (Wildman–Crippen MR) is 64.2 cm³/mol. The van der Waals surface area contributed by atoms with Crippen LogP contribution in [0.1, 0.15) is 6.42 Å². The molecule has 16 heavy (non-hydrogen) atoms. The van der Waals surface area contributed by atoms with Crippen LogP contribution in [-0.2, 0) is 0 Å². The van der Waals surface area contributed by atoms with Gasteiger partial charge in [0, 0.05) is 30.2 Å². The van der Waals surface area contributed by atoms with Crippen molar-refractivity contribution in [3.8, 4) is 0 Å². The van der Waals surface area contributed by atoms with E-state index in [4.69, 9.17) is 0 Å². The maximum absolute atomic E-state index is 13.2. The summed E-state index contributed by atoms with van der Waals surface area (Å²) in [5.41, 5.74) is 2.09. The van der Waals surface area contributed by atoms with Crippen LogP contribution >= 0.6 is 0 Å². The highest BCUT2D eigenvalue weighted by Crippen LogP contribution is 2.28. The lowest BCUT2D eigenvalue weighted by Crippen LogP contribution is -2.26. The van der Waals surface area contributed by atoms with Gasteiger partial charge < -0.3 is 9.88 Å². The van der Waals surface area contributed by atoms with E-state index in [2.05, 4.69) is 22.0 Å². The maximum atomic E-state index is 13.2. The summed E-state index contributed by atoms with van der Waals surface area (Å²) in [5, 5.41) is 0.968. The SMILES string of the molecule is Fc1ccc2[nH]cc(N3CC=CCC3)c2c1. The van der Waals surface area contributed by atoms with Gasteiger partial charge in [0.05, 0.1) is 5.69 Å². The highest BCUT2D eigenvalue weighted by Gasteiger charge is 2.12. The summed E-state index contributed by atoms with van der Waals surface area (Å²) >= 11 is 0. The van der Waals surface area contributed by atoms with E-state index in [1.165, 1.54) is 6.07 Å². The summed E-state index contributed by atoms with van der Waals surface area (Å²) in [6.45, 7) is 1.91. The first kappa shape index (κ1) is 9.46. The number of aromatic nitrogens is 1. The smallest absolute Gasteiger partial charge is 0.124 e. The van der Waals surface area contributed by atoms with E-state index in [1.807, 2.05) is 6.20 Å². The average Bonchev–Trinajstić information content (AvgIpc) is 2.73. The van der Waals surface area contributed by atoms with Crippen LogP contribution < -0.4 is 4.90 Å². The van der Waals surface area contributed by atoms with Crippen LogP contribution in [0.15, 0.2) is 36.5 Å². The number of rotatable bonds is 1. The second-order valence-corrected chi connectivity index (χ2v) is 4.07. The number of aromatic amines is 1. The minimum absolute atomic E-state index is 0.180. The highest BCUT2D eigenvalue weighted by atomic mass is 19.1. The molecule has 1 aromatic heterocycles. The van der Waals surface area contributed by atoms with Crippen molar-refractivity contribution in [1.29, 1.82) is 0 Å². The lowest BCUT2D eigenvalue weighted by Gasteiger charge is -2.24. The molecule has 1 N–H and O–H groups in total. The summed E-state index contributed by atoms with van der Waals surface area (Å²) in [4.78, 5) is 5.44. The Bertz CT molecular complexity index is 542. The van der Waals surface area contributed by atoms with Gasteiger partial charge >= 0.3 is 0 Å². The molecule has 0 bridgehead atoms. The number of hydrogen-bond donors (Lipinski definition) is 1. The van der Waals surface area contributed by atoms with Crippen molar-refractivity contribution in [2.45, 2.75) is 6.42 Å². The summed E-state index contributed by atoms with van der Waals surface area (Å²) in [6.07, 6.45) is 7.36. The van der Waals surface area contributed by atoms with E-state index in [0.29, 0.717) is 0 Å². The number of fused-ring (bicyclic) bond motifs is 1. The average molecular weight is 216 g/mol. The number of hydrogen-bond acceptors (Lipinski definition) is 1. The molecular weight excluding hydrogens is 203 g/mol. The molecule has 2 heterocycles. The van der Waals surface area contributed by atoms with E-state index in [1.54, 1.807) is 12.1 Å². The molecule has 0 fully saturated rings. The third-order valence-electron chi connectivity index (χ3n) is 3.02. The molecule has 0 aliphatic carbocycles. The molecule has 1 aromatic carbocycles. The lowest BCUT2D eigenvalue weighted by atomic mass is 10.2.